The van der Waals surface area contributed by atoms with Crippen LogP contribution >= 0.6 is 8.60 Å². The Hall–Kier alpha value is -1.49. The van der Waals surface area contributed by atoms with Gasteiger partial charge in [-0.15, -0.1) is 0 Å². The molecule has 0 fully saturated rings. The molecule has 0 unspecified atom stereocenters. The molecule has 0 bridgehead atoms. The quantitative estimate of drug-likeness (QED) is 0.652. The number of rotatable bonds is 4. The summed E-state index contributed by atoms with van der Waals surface area (Å²) in [7, 11) is -2.43. The highest BCUT2D eigenvalue weighted by molar-refractivity contribution is 7.39. The fraction of sp³-hybridized carbons (Fsp3) is 0.273. The van der Waals surface area contributed by atoms with Crippen molar-refractivity contribution in [2.24, 2.45) is 0 Å². The first-order chi connectivity index (χ1) is 8.69. The molecule has 98 valence electrons. The molecule has 0 atom stereocenters. The summed E-state index contributed by atoms with van der Waals surface area (Å²) in [5, 5.41) is 0. The second-order valence-corrected chi connectivity index (χ2v) is 3.76. The van der Waals surface area contributed by atoms with Gasteiger partial charge in [0.15, 0.2) is 0 Å². The van der Waals surface area contributed by atoms with Crippen molar-refractivity contribution in [3.05, 3.63) is 30.2 Å². The van der Waals surface area contributed by atoms with E-state index in [1.807, 2.05) is 13.8 Å². The van der Waals surface area contributed by atoms with Gasteiger partial charge in [0.25, 0.3) is 0 Å². The van der Waals surface area contributed by atoms with E-state index in [9.17, 15) is 4.79 Å². The third-order valence-corrected chi connectivity index (χ3v) is 2.34. The van der Waals surface area contributed by atoms with Crippen molar-refractivity contribution < 1.29 is 19.1 Å². The van der Waals surface area contributed by atoms with Gasteiger partial charge >= 0.3 is 8.60 Å². The minimum Gasteiger partial charge on any atom is -0.427 e. The molecule has 0 radical (unpaired) electrons. The van der Waals surface area contributed by atoms with E-state index in [-0.39, 0.29) is 6.42 Å². The van der Waals surface area contributed by atoms with Crippen LogP contribution in [0.2, 0.25) is 0 Å². The zero-order valence-corrected chi connectivity index (χ0v) is 11.0. The molecule has 0 saturated carbocycles. The molecular weight excluding hydrogens is 255 g/mol. The smallest absolute Gasteiger partial charge is 0.391 e. The Morgan fingerprint density at radius 1 is 1.50 bits per heavy atom. The zero-order valence-electron chi connectivity index (χ0n) is 10.1. The highest BCUT2D eigenvalue weighted by atomic mass is 31.2. The molecule has 2 heterocycles. The molecule has 2 rings (SSSR count). The molecule has 18 heavy (non-hydrogen) atoms. The molecule has 2 N–H and O–H groups in total. The number of fused-ring (bicyclic) bond motifs is 1. The van der Waals surface area contributed by atoms with Crippen LogP contribution in [-0.2, 0) is 11.2 Å². The summed E-state index contributed by atoms with van der Waals surface area (Å²) in [6, 6.07) is 3.15. The number of aldehydes is 1. The monoisotopic (exact) mass is 270 g/mol. The van der Waals surface area contributed by atoms with Gasteiger partial charge in [-0.25, -0.2) is 4.98 Å². The summed E-state index contributed by atoms with van der Waals surface area (Å²) in [6.45, 7) is 4.00. The zero-order chi connectivity index (χ0) is 13.5. The number of nitrogens with zero attached hydrogens (tertiary/aromatic N) is 2. The molecule has 2 aromatic heterocycles. The topological polar surface area (TPSA) is 84.1 Å². The Morgan fingerprint density at radius 3 is 2.83 bits per heavy atom. The lowest BCUT2D eigenvalue weighted by molar-refractivity contribution is -0.107. The number of hydrogen-bond donors (Lipinski definition) is 2. The van der Waals surface area contributed by atoms with Crippen molar-refractivity contribution in [2.75, 3.05) is 0 Å². The number of aromatic nitrogens is 2. The standard InChI is InChI=1S/C9H9N2O4P.C2H6/c12-4-2-7-6-11-3-1-8(15-16(13)14)5-9(11)10-7;1-2/h1,3-6,13-14H,2H2;1-2H3. The molecule has 0 aliphatic heterocycles. The number of carbonyl (C=O) groups is 1. The molecule has 0 spiro atoms. The van der Waals surface area contributed by atoms with Crippen LogP contribution < -0.4 is 4.52 Å². The third-order valence-electron chi connectivity index (χ3n) is 1.96. The first kappa shape index (κ1) is 14.6. The predicted molar refractivity (Wildman–Crippen MR) is 68.3 cm³/mol. The molecule has 0 aromatic carbocycles. The SMILES string of the molecule is CC.O=CCc1cn2ccc(OP(O)O)cc2n1. The van der Waals surface area contributed by atoms with Crippen LogP contribution in [0.5, 0.6) is 5.75 Å². The van der Waals surface area contributed by atoms with E-state index in [0.717, 1.165) is 6.29 Å². The molecule has 2 aromatic rings. The lowest BCUT2D eigenvalue weighted by Gasteiger charge is -2.04. The fourth-order valence-electron chi connectivity index (χ4n) is 1.35. The van der Waals surface area contributed by atoms with Crippen molar-refractivity contribution >= 4 is 20.5 Å². The summed E-state index contributed by atoms with van der Waals surface area (Å²) in [5.74, 6) is 0.326. The average molecular weight is 270 g/mol. The molecular formula is C11H15N2O4P. The predicted octanol–water partition coefficient (Wildman–Crippen LogP) is 1.69. The van der Waals surface area contributed by atoms with Crippen LogP contribution in [0.3, 0.4) is 0 Å². The van der Waals surface area contributed by atoms with Crippen molar-refractivity contribution in [1.29, 1.82) is 0 Å². The maximum absolute atomic E-state index is 10.3. The molecule has 0 saturated heterocycles. The van der Waals surface area contributed by atoms with E-state index in [4.69, 9.17) is 14.3 Å². The fourth-order valence-corrected chi connectivity index (χ4v) is 1.65. The Morgan fingerprint density at radius 2 is 2.22 bits per heavy atom. The highest BCUT2D eigenvalue weighted by Crippen LogP contribution is 2.29. The minimum atomic E-state index is -2.43. The van der Waals surface area contributed by atoms with Gasteiger partial charge < -0.3 is 23.5 Å². The van der Waals surface area contributed by atoms with Gasteiger partial charge in [-0.1, -0.05) is 13.8 Å². The maximum atomic E-state index is 10.3. The Bertz CT molecular complexity index is 513. The summed E-state index contributed by atoms with van der Waals surface area (Å²) < 4.78 is 6.47. The van der Waals surface area contributed by atoms with Crippen LogP contribution in [0.25, 0.3) is 5.65 Å². The number of pyridine rings is 1. The number of hydrogen-bond acceptors (Lipinski definition) is 5. The first-order valence-corrected chi connectivity index (χ1v) is 6.62. The molecule has 0 amide bonds. The normalized spacial score (nSPS) is 10.1. The summed E-state index contributed by atoms with van der Waals surface area (Å²) in [4.78, 5) is 31.9. The molecule has 6 nitrogen and oxygen atoms in total. The third kappa shape index (κ3) is 3.77. The minimum absolute atomic E-state index is 0.255. The van der Waals surface area contributed by atoms with Gasteiger partial charge in [-0.05, 0) is 6.07 Å². The van der Waals surface area contributed by atoms with Crippen molar-refractivity contribution in [3.63, 3.8) is 0 Å². The molecule has 0 aliphatic rings. The van der Waals surface area contributed by atoms with E-state index in [0.29, 0.717) is 17.1 Å². The largest absolute Gasteiger partial charge is 0.427 e. The highest BCUT2D eigenvalue weighted by Gasteiger charge is 2.06. The summed E-state index contributed by atoms with van der Waals surface area (Å²) >= 11 is 0. The van der Waals surface area contributed by atoms with Crippen LogP contribution in [0.1, 0.15) is 19.5 Å². The Kier molecular flexibility index (Phi) is 5.71. The van der Waals surface area contributed by atoms with Gasteiger partial charge in [-0.2, -0.15) is 0 Å². The molecule has 7 heteroatoms. The van der Waals surface area contributed by atoms with Gasteiger partial charge in [-0.3, -0.25) is 0 Å². The van der Waals surface area contributed by atoms with E-state index in [1.165, 1.54) is 0 Å². The Labute approximate surface area is 106 Å². The Balaban J connectivity index is 0.000000771. The van der Waals surface area contributed by atoms with E-state index < -0.39 is 8.60 Å². The van der Waals surface area contributed by atoms with Crippen molar-refractivity contribution in [3.8, 4) is 5.75 Å². The average Bonchev–Trinajstić information content (AvgIpc) is 2.73. The van der Waals surface area contributed by atoms with Gasteiger partial charge in [0, 0.05) is 24.9 Å². The second-order valence-electron chi connectivity index (χ2n) is 3.07. The summed E-state index contributed by atoms with van der Waals surface area (Å²) in [5.41, 5.74) is 1.24. The van der Waals surface area contributed by atoms with E-state index in [1.54, 1.807) is 28.9 Å². The number of imidazole rings is 1. The van der Waals surface area contributed by atoms with E-state index >= 15 is 0 Å². The van der Waals surface area contributed by atoms with Crippen molar-refractivity contribution in [1.82, 2.24) is 9.38 Å². The second kappa shape index (κ2) is 7.06. The maximum Gasteiger partial charge on any atom is 0.391 e. The van der Waals surface area contributed by atoms with Crippen LogP contribution in [0.15, 0.2) is 24.5 Å². The number of carbonyl (C=O) groups excluding carboxylic acids is 1. The van der Waals surface area contributed by atoms with Crippen molar-refractivity contribution in [2.45, 2.75) is 20.3 Å². The van der Waals surface area contributed by atoms with Crippen LogP contribution in [-0.4, -0.2) is 25.5 Å². The van der Waals surface area contributed by atoms with Crippen LogP contribution in [0.4, 0.5) is 0 Å². The lowest BCUT2D eigenvalue weighted by Crippen LogP contribution is -1.87. The molecule has 0 aliphatic carbocycles. The summed E-state index contributed by atoms with van der Waals surface area (Å²) in [6.07, 6.45) is 4.43. The van der Waals surface area contributed by atoms with E-state index in [2.05, 4.69) is 4.98 Å². The first-order valence-electron chi connectivity index (χ1n) is 5.46. The van der Waals surface area contributed by atoms with Gasteiger partial charge in [0.05, 0.1) is 5.69 Å². The van der Waals surface area contributed by atoms with Crippen LogP contribution in [0, 0.1) is 0 Å². The van der Waals surface area contributed by atoms with Gasteiger partial charge in [0.2, 0.25) is 0 Å². The van der Waals surface area contributed by atoms with Gasteiger partial charge in [0.1, 0.15) is 17.7 Å². The lowest BCUT2D eigenvalue weighted by atomic mass is 10.4.